The first-order chi connectivity index (χ1) is 10.8. The quantitative estimate of drug-likeness (QED) is 0.897. The van der Waals surface area contributed by atoms with Gasteiger partial charge in [-0.3, -0.25) is 9.69 Å². The summed E-state index contributed by atoms with van der Waals surface area (Å²) < 4.78 is 5.48. The van der Waals surface area contributed by atoms with Crippen LogP contribution >= 0.6 is 0 Å². The molecule has 0 radical (unpaired) electrons. The van der Waals surface area contributed by atoms with Gasteiger partial charge in [0.15, 0.2) is 6.10 Å². The first-order valence-electron chi connectivity index (χ1n) is 8.11. The molecule has 2 saturated heterocycles. The van der Waals surface area contributed by atoms with Crippen LogP contribution in [0.3, 0.4) is 0 Å². The number of hydrogen-bond acceptors (Lipinski definition) is 4. The van der Waals surface area contributed by atoms with E-state index in [0.717, 1.165) is 51.3 Å². The molecule has 1 N–H and O–H groups in total. The maximum absolute atomic E-state index is 12.8. The number of likely N-dealkylation sites (tertiary alicyclic amines) is 1. The first kappa shape index (κ1) is 15.5. The number of carbonyl (C=O) groups excluding carboxylic acids is 1. The highest BCUT2D eigenvalue weighted by Crippen LogP contribution is 2.23. The summed E-state index contributed by atoms with van der Waals surface area (Å²) in [6, 6.07) is 10.3. The molecule has 1 aromatic rings. The van der Waals surface area contributed by atoms with E-state index in [4.69, 9.17) is 4.74 Å². The average Bonchev–Trinajstić information content (AvgIpc) is 3.07. The molecule has 120 valence electrons. The standard InChI is InChI=1S/C17H25N3O2/c1-22-16(14-5-3-2-4-6-14)17(21)20-10-7-15(13-20)19-11-8-18-9-12-19/h2-6,15-16,18H,7-13H2,1H3. The Morgan fingerprint density at radius 2 is 1.95 bits per heavy atom. The van der Waals surface area contributed by atoms with E-state index in [1.165, 1.54) is 0 Å². The Balaban J connectivity index is 1.62. The van der Waals surface area contributed by atoms with Gasteiger partial charge in [0.25, 0.3) is 5.91 Å². The third-order valence-electron chi connectivity index (χ3n) is 4.71. The molecule has 0 spiro atoms. The van der Waals surface area contributed by atoms with Gasteiger partial charge in [-0.2, -0.15) is 0 Å². The largest absolute Gasteiger partial charge is 0.367 e. The van der Waals surface area contributed by atoms with E-state index >= 15 is 0 Å². The fourth-order valence-electron chi connectivity index (χ4n) is 3.46. The van der Waals surface area contributed by atoms with Crippen molar-refractivity contribution >= 4 is 5.91 Å². The van der Waals surface area contributed by atoms with Gasteiger partial charge in [0.1, 0.15) is 0 Å². The highest BCUT2D eigenvalue weighted by Gasteiger charge is 2.34. The summed E-state index contributed by atoms with van der Waals surface area (Å²) in [6.07, 6.45) is 0.583. The van der Waals surface area contributed by atoms with Gasteiger partial charge < -0.3 is 15.0 Å². The molecule has 0 saturated carbocycles. The number of hydrogen-bond donors (Lipinski definition) is 1. The fourth-order valence-corrected chi connectivity index (χ4v) is 3.46. The number of piperazine rings is 1. The van der Waals surface area contributed by atoms with Crippen molar-refractivity contribution in [1.29, 1.82) is 0 Å². The van der Waals surface area contributed by atoms with Crippen molar-refractivity contribution in [3.05, 3.63) is 35.9 Å². The van der Waals surface area contributed by atoms with E-state index in [1.807, 2.05) is 35.2 Å². The van der Waals surface area contributed by atoms with Crippen LogP contribution in [0.1, 0.15) is 18.1 Å². The molecule has 0 aromatic heterocycles. The minimum atomic E-state index is -0.483. The van der Waals surface area contributed by atoms with Crippen LogP contribution in [0, 0.1) is 0 Å². The number of carbonyl (C=O) groups is 1. The van der Waals surface area contributed by atoms with Gasteiger partial charge in [0, 0.05) is 52.4 Å². The molecular weight excluding hydrogens is 278 g/mol. The molecule has 1 aromatic carbocycles. The number of amides is 1. The van der Waals surface area contributed by atoms with Crippen molar-refractivity contribution in [1.82, 2.24) is 15.1 Å². The van der Waals surface area contributed by atoms with Crippen molar-refractivity contribution in [2.24, 2.45) is 0 Å². The smallest absolute Gasteiger partial charge is 0.256 e. The van der Waals surface area contributed by atoms with Gasteiger partial charge in [0.2, 0.25) is 0 Å². The number of ether oxygens (including phenoxy) is 1. The van der Waals surface area contributed by atoms with Gasteiger partial charge in [-0.25, -0.2) is 0 Å². The second-order valence-electron chi connectivity index (χ2n) is 6.04. The molecule has 0 bridgehead atoms. The van der Waals surface area contributed by atoms with Gasteiger partial charge >= 0.3 is 0 Å². The molecule has 2 unspecified atom stereocenters. The summed E-state index contributed by atoms with van der Waals surface area (Å²) >= 11 is 0. The van der Waals surface area contributed by atoms with E-state index in [2.05, 4.69) is 10.2 Å². The fraction of sp³-hybridized carbons (Fsp3) is 0.588. The second-order valence-corrected chi connectivity index (χ2v) is 6.04. The van der Waals surface area contributed by atoms with Crippen molar-refractivity contribution < 1.29 is 9.53 Å². The van der Waals surface area contributed by atoms with Crippen LogP contribution < -0.4 is 5.32 Å². The lowest BCUT2D eigenvalue weighted by atomic mass is 10.1. The molecule has 5 nitrogen and oxygen atoms in total. The Hall–Kier alpha value is -1.43. The van der Waals surface area contributed by atoms with Gasteiger partial charge in [-0.1, -0.05) is 30.3 Å². The van der Waals surface area contributed by atoms with Gasteiger partial charge in [-0.15, -0.1) is 0 Å². The number of benzene rings is 1. The van der Waals surface area contributed by atoms with Crippen LogP contribution in [-0.4, -0.2) is 68.1 Å². The van der Waals surface area contributed by atoms with E-state index in [0.29, 0.717) is 6.04 Å². The molecule has 1 amide bonds. The number of nitrogens with zero attached hydrogens (tertiary/aromatic N) is 2. The summed E-state index contributed by atoms with van der Waals surface area (Å²) in [5.74, 6) is 0.0892. The molecule has 2 heterocycles. The van der Waals surface area contributed by atoms with Gasteiger partial charge in [0.05, 0.1) is 0 Å². The van der Waals surface area contributed by atoms with Crippen LogP contribution in [0.4, 0.5) is 0 Å². The lowest BCUT2D eigenvalue weighted by Gasteiger charge is -2.32. The predicted octanol–water partition coefficient (Wildman–Crippen LogP) is 0.880. The van der Waals surface area contributed by atoms with E-state index in [1.54, 1.807) is 7.11 Å². The molecule has 2 aliphatic rings. The van der Waals surface area contributed by atoms with Crippen molar-refractivity contribution in [2.45, 2.75) is 18.6 Å². The molecule has 2 atom stereocenters. The van der Waals surface area contributed by atoms with E-state index in [-0.39, 0.29) is 5.91 Å². The lowest BCUT2D eigenvalue weighted by Crippen LogP contribution is -2.49. The molecule has 0 aliphatic carbocycles. The second kappa shape index (κ2) is 7.22. The van der Waals surface area contributed by atoms with E-state index < -0.39 is 6.10 Å². The third-order valence-corrected chi connectivity index (χ3v) is 4.71. The highest BCUT2D eigenvalue weighted by molar-refractivity contribution is 5.82. The summed E-state index contributed by atoms with van der Waals surface area (Å²) in [7, 11) is 1.61. The average molecular weight is 303 g/mol. The van der Waals surface area contributed by atoms with E-state index in [9.17, 15) is 4.79 Å². The Bertz CT molecular complexity index is 488. The molecule has 2 fully saturated rings. The van der Waals surface area contributed by atoms with Crippen molar-refractivity contribution in [3.63, 3.8) is 0 Å². The summed E-state index contributed by atoms with van der Waals surface area (Å²) in [4.78, 5) is 17.2. The van der Waals surface area contributed by atoms with Crippen LogP contribution in [0.15, 0.2) is 30.3 Å². The zero-order valence-corrected chi connectivity index (χ0v) is 13.2. The number of methoxy groups -OCH3 is 1. The molecule has 22 heavy (non-hydrogen) atoms. The zero-order chi connectivity index (χ0) is 15.4. The van der Waals surface area contributed by atoms with Crippen LogP contribution in [-0.2, 0) is 9.53 Å². The topological polar surface area (TPSA) is 44.8 Å². The number of rotatable bonds is 4. The molecule has 3 rings (SSSR count). The lowest BCUT2D eigenvalue weighted by molar-refractivity contribution is -0.141. The molecule has 5 heteroatoms. The van der Waals surface area contributed by atoms with Crippen LogP contribution in [0.5, 0.6) is 0 Å². The Labute approximate surface area is 132 Å². The Morgan fingerprint density at radius 1 is 1.23 bits per heavy atom. The predicted molar refractivity (Wildman–Crippen MR) is 85.6 cm³/mol. The van der Waals surface area contributed by atoms with Gasteiger partial charge in [-0.05, 0) is 12.0 Å². The normalized spacial score (nSPS) is 24.4. The maximum Gasteiger partial charge on any atom is 0.256 e. The molecule has 2 aliphatic heterocycles. The third kappa shape index (κ3) is 3.32. The van der Waals surface area contributed by atoms with Crippen LogP contribution in [0.25, 0.3) is 0 Å². The van der Waals surface area contributed by atoms with Crippen molar-refractivity contribution in [3.8, 4) is 0 Å². The zero-order valence-electron chi connectivity index (χ0n) is 13.2. The monoisotopic (exact) mass is 303 g/mol. The number of nitrogens with one attached hydrogen (secondary N) is 1. The minimum Gasteiger partial charge on any atom is -0.367 e. The molecular formula is C17H25N3O2. The highest BCUT2D eigenvalue weighted by atomic mass is 16.5. The van der Waals surface area contributed by atoms with Crippen LogP contribution in [0.2, 0.25) is 0 Å². The summed E-state index contributed by atoms with van der Waals surface area (Å²) in [6.45, 7) is 5.92. The first-order valence-corrected chi connectivity index (χ1v) is 8.11. The minimum absolute atomic E-state index is 0.0892. The Morgan fingerprint density at radius 3 is 2.64 bits per heavy atom. The SMILES string of the molecule is COC(C(=O)N1CCC(N2CCNCC2)C1)c1ccccc1. The summed E-state index contributed by atoms with van der Waals surface area (Å²) in [5.41, 5.74) is 0.931. The summed E-state index contributed by atoms with van der Waals surface area (Å²) in [5, 5.41) is 3.38. The maximum atomic E-state index is 12.8. The Kier molecular flexibility index (Phi) is 5.08. The van der Waals surface area contributed by atoms with Crippen molar-refractivity contribution in [2.75, 3.05) is 46.4 Å².